The summed E-state index contributed by atoms with van der Waals surface area (Å²) in [6.45, 7) is 0. The van der Waals surface area contributed by atoms with Crippen molar-refractivity contribution in [1.82, 2.24) is 0 Å². The summed E-state index contributed by atoms with van der Waals surface area (Å²) in [5.74, 6) is -0.765. The standard InChI is InChI=1S/C22H20O2.BH3O2/c1-23-22(24-2)15-14-17-9-4-6-12-19(17)21(22)20-13-7-10-16-8-3-5-11-18(16)20;2-1-3/h3-14H,15H2,1-2H3;1-3H. The molecule has 5 heteroatoms. The van der Waals surface area contributed by atoms with Gasteiger partial charge in [0.2, 0.25) is 0 Å². The predicted molar refractivity (Wildman–Crippen MR) is 110 cm³/mol. The molecule has 0 radical (unpaired) electrons. The van der Waals surface area contributed by atoms with Gasteiger partial charge in [0.15, 0.2) is 5.79 Å². The average molecular weight is 362 g/mol. The molecule has 4 rings (SSSR count). The first kappa shape index (κ1) is 19.3. The molecule has 27 heavy (non-hydrogen) atoms. The fourth-order valence-corrected chi connectivity index (χ4v) is 3.70. The lowest BCUT2D eigenvalue weighted by atomic mass is 9.86. The average Bonchev–Trinajstić information content (AvgIpc) is 2.73. The fraction of sp³-hybridized carbons (Fsp3) is 0.182. The summed E-state index contributed by atoms with van der Waals surface area (Å²) < 4.78 is 11.8. The minimum absolute atomic E-state index is 0.690. The summed E-state index contributed by atoms with van der Waals surface area (Å²) in [5.41, 5.74) is 2.26. The summed E-state index contributed by atoms with van der Waals surface area (Å²) in [5, 5.41) is 19.1. The van der Waals surface area contributed by atoms with Crippen molar-refractivity contribution in [2.45, 2.75) is 12.2 Å². The Morgan fingerprint density at radius 3 is 2.22 bits per heavy atom. The van der Waals surface area contributed by atoms with E-state index >= 15 is 0 Å². The van der Waals surface area contributed by atoms with Gasteiger partial charge in [-0.25, -0.2) is 0 Å². The van der Waals surface area contributed by atoms with Crippen LogP contribution < -0.4 is 10.4 Å². The Hall–Kier alpha value is -2.44. The molecule has 0 aromatic heterocycles. The van der Waals surface area contributed by atoms with Crippen molar-refractivity contribution >= 4 is 30.1 Å². The summed E-state index contributed by atoms with van der Waals surface area (Å²) in [7, 11) is 2.69. The molecule has 0 heterocycles. The Bertz CT molecular complexity index is 1040. The molecule has 3 aromatic rings. The number of hydrogen-bond donors (Lipinski definition) is 2. The molecule has 0 unspecified atom stereocenters. The Labute approximate surface area is 159 Å². The van der Waals surface area contributed by atoms with Gasteiger partial charge in [-0.3, -0.25) is 0 Å². The molecule has 2 N–H and O–H groups in total. The number of ether oxygens (including phenoxy) is 2. The molecule has 0 aliphatic heterocycles. The van der Waals surface area contributed by atoms with Gasteiger partial charge in [0, 0.05) is 26.2 Å². The van der Waals surface area contributed by atoms with E-state index in [0.717, 1.165) is 11.1 Å². The molecule has 3 aromatic carbocycles. The van der Waals surface area contributed by atoms with Crippen molar-refractivity contribution in [3.8, 4) is 0 Å². The third-order valence-electron chi connectivity index (χ3n) is 4.92. The van der Waals surface area contributed by atoms with Crippen molar-refractivity contribution in [3.63, 3.8) is 0 Å². The number of methoxy groups -OCH3 is 2. The fourth-order valence-electron chi connectivity index (χ4n) is 3.70. The van der Waals surface area contributed by atoms with Crippen molar-refractivity contribution in [2.75, 3.05) is 14.2 Å². The Morgan fingerprint density at radius 2 is 1.48 bits per heavy atom. The molecule has 1 aliphatic rings. The second-order valence-corrected chi connectivity index (χ2v) is 6.20. The van der Waals surface area contributed by atoms with E-state index in [0.29, 0.717) is 6.42 Å². The number of fused-ring (bicyclic) bond motifs is 2. The highest BCUT2D eigenvalue weighted by Crippen LogP contribution is 2.36. The maximum absolute atomic E-state index is 7.12. The molecule has 0 spiro atoms. The van der Waals surface area contributed by atoms with Gasteiger partial charge in [-0.1, -0.05) is 72.8 Å². The van der Waals surface area contributed by atoms with Crippen LogP contribution in [0.2, 0.25) is 0 Å². The molecule has 0 fully saturated rings. The van der Waals surface area contributed by atoms with Crippen LogP contribution in [-0.4, -0.2) is 37.7 Å². The van der Waals surface area contributed by atoms with E-state index in [2.05, 4.69) is 72.8 Å². The molecule has 1 aliphatic carbocycles. The van der Waals surface area contributed by atoms with Gasteiger partial charge in [-0.2, -0.15) is 0 Å². The summed E-state index contributed by atoms with van der Waals surface area (Å²) in [6, 6.07) is 23.3. The highest BCUT2D eigenvalue weighted by molar-refractivity contribution is 6.13. The summed E-state index contributed by atoms with van der Waals surface area (Å²) in [4.78, 5) is 0. The van der Waals surface area contributed by atoms with Crippen molar-refractivity contribution < 1.29 is 19.5 Å². The maximum atomic E-state index is 7.12. The predicted octanol–water partition coefficient (Wildman–Crippen LogP) is 1.45. The monoisotopic (exact) mass is 362 g/mol. The van der Waals surface area contributed by atoms with E-state index in [4.69, 9.17) is 19.5 Å². The minimum atomic E-state index is -0.765. The van der Waals surface area contributed by atoms with Gasteiger partial charge in [0.25, 0.3) is 0 Å². The molecule has 138 valence electrons. The van der Waals surface area contributed by atoms with Crippen LogP contribution in [0.15, 0.2) is 66.7 Å². The van der Waals surface area contributed by atoms with E-state index in [1.54, 1.807) is 14.2 Å². The minimum Gasteiger partial charge on any atom is -0.430 e. The molecular weight excluding hydrogens is 339 g/mol. The number of rotatable bonds is 3. The van der Waals surface area contributed by atoms with Crippen LogP contribution in [0.4, 0.5) is 0 Å². The van der Waals surface area contributed by atoms with Gasteiger partial charge in [-0.05, 0) is 26.8 Å². The first-order valence-corrected chi connectivity index (χ1v) is 8.81. The first-order chi connectivity index (χ1) is 13.2. The lowest BCUT2D eigenvalue weighted by Gasteiger charge is -2.35. The zero-order valence-corrected chi connectivity index (χ0v) is 15.6. The first-order valence-electron chi connectivity index (χ1n) is 8.81. The number of benzene rings is 3. The quantitative estimate of drug-likeness (QED) is 0.547. The van der Waals surface area contributed by atoms with E-state index in [1.807, 2.05) is 0 Å². The molecule has 0 amide bonds. The molecule has 0 atom stereocenters. The zero-order valence-electron chi connectivity index (χ0n) is 15.6. The van der Waals surface area contributed by atoms with Gasteiger partial charge in [-0.15, -0.1) is 0 Å². The van der Waals surface area contributed by atoms with Crippen LogP contribution >= 0.6 is 0 Å². The lowest BCUT2D eigenvalue weighted by molar-refractivity contribution is -0.157. The highest BCUT2D eigenvalue weighted by atomic mass is 16.7. The molecule has 0 saturated heterocycles. The van der Waals surface area contributed by atoms with Gasteiger partial charge in [0.05, 0.1) is 0 Å². The Morgan fingerprint density at radius 1 is 0.852 bits per heavy atom. The largest absolute Gasteiger partial charge is 0.432 e. The van der Waals surface area contributed by atoms with Crippen LogP contribution in [-0.2, 0) is 9.47 Å². The third kappa shape index (κ3) is 3.55. The van der Waals surface area contributed by atoms with E-state index < -0.39 is 13.5 Å². The summed E-state index contributed by atoms with van der Waals surface area (Å²) in [6.07, 6.45) is 2.88. The van der Waals surface area contributed by atoms with Crippen molar-refractivity contribution in [1.29, 1.82) is 0 Å². The third-order valence-corrected chi connectivity index (χ3v) is 4.92. The smallest absolute Gasteiger partial charge is 0.430 e. The van der Waals surface area contributed by atoms with Crippen LogP contribution in [0.1, 0.15) is 12.0 Å². The van der Waals surface area contributed by atoms with E-state index in [1.165, 1.54) is 21.2 Å². The van der Waals surface area contributed by atoms with Crippen molar-refractivity contribution in [2.24, 2.45) is 0 Å². The normalized spacial score (nSPS) is 14.6. The second-order valence-electron chi connectivity index (χ2n) is 6.20. The lowest BCUT2D eigenvalue weighted by Crippen LogP contribution is -2.45. The van der Waals surface area contributed by atoms with E-state index in [-0.39, 0.29) is 0 Å². The zero-order chi connectivity index (χ0) is 19.3. The van der Waals surface area contributed by atoms with Crippen LogP contribution in [0.3, 0.4) is 0 Å². The maximum Gasteiger partial charge on any atom is 0.432 e. The molecule has 4 nitrogen and oxygen atoms in total. The van der Waals surface area contributed by atoms with E-state index in [9.17, 15) is 0 Å². The second kappa shape index (κ2) is 8.50. The Kier molecular flexibility index (Phi) is 6.09. The SMILES string of the molecule is COC1(OC)CC=c2ccccc2=C1c1cccc2ccccc12.OBO. The molecule has 0 saturated carbocycles. The summed E-state index contributed by atoms with van der Waals surface area (Å²) >= 11 is 0. The highest BCUT2D eigenvalue weighted by Gasteiger charge is 2.37. The topological polar surface area (TPSA) is 58.9 Å². The Balaban J connectivity index is 0.000000659. The van der Waals surface area contributed by atoms with Crippen LogP contribution in [0.25, 0.3) is 22.4 Å². The van der Waals surface area contributed by atoms with Crippen LogP contribution in [0, 0.1) is 0 Å². The molecular formula is C22H23BO4. The van der Waals surface area contributed by atoms with Gasteiger partial charge in [0.1, 0.15) is 0 Å². The molecule has 0 bridgehead atoms. The van der Waals surface area contributed by atoms with Crippen LogP contribution in [0.5, 0.6) is 0 Å². The van der Waals surface area contributed by atoms with Gasteiger partial charge < -0.3 is 19.5 Å². The van der Waals surface area contributed by atoms with Gasteiger partial charge >= 0.3 is 7.69 Å². The number of hydrogen-bond acceptors (Lipinski definition) is 4. The van der Waals surface area contributed by atoms with Crippen molar-refractivity contribution in [3.05, 3.63) is 82.7 Å².